The molecule has 1 unspecified atom stereocenters. The number of carbonyl (C=O) groups is 1. The van der Waals surface area contributed by atoms with E-state index in [-0.39, 0.29) is 0 Å². The largest absolute Gasteiger partial charge is 0.298 e. The molecule has 0 aromatic rings. The molecule has 0 saturated heterocycles. The van der Waals surface area contributed by atoms with Gasteiger partial charge in [-0.05, 0) is 25.8 Å². The Hall–Kier alpha value is -1.11. The van der Waals surface area contributed by atoms with E-state index in [0.717, 1.165) is 18.3 Å². The van der Waals surface area contributed by atoms with Crippen LogP contribution in [0.3, 0.4) is 0 Å². The summed E-state index contributed by atoms with van der Waals surface area (Å²) in [4.78, 5) is 10.5. The quantitative estimate of drug-likeness (QED) is 0.450. The summed E-state index contributed by atoms with van der Waals surface area (Å²) >= 11 is 0. The molecule has 1 heteroatoms. The van der Waals surface area contributed by atoms with Crippen molar-refractivity contribution in [2.75, 3.05) is 0 Å². The number of aldehydes is 1. The summed E-state index contributed by atoms with van der Waals surface area (Å²) in [7, 11) is 0. The van der Waals surface area contributed by atoms with E-state index in [9.17, 15) is 4.79 Å². The van der Waals surface area contributed by atoms with Crippen molar-refractivity contribution >= 4 is 6.29 Å². The molecule has 0 aromatic heterocycles. The van der Waals surface area contributed by atoms with Crippen molar-refractivity contribution in [3.05, 3.63) is 35.5 Å². The zero-order valence-electron chi connectivity index (χ0n) is 7.58. The molecule has 1 aliphatic carbocycles. The van der Waals surface area contributed by atoms with Gasteiger partial charge in [-0.3, -0.25) is 4.79 Å². The van der Waals surface area contributed by atoms with Crippen molar-refractivity contribution in [2.45, 2.75) is 20.3 Å². The summed E-state index contributed by atoms with van der Waals surface area (Å²) in [5.41, 5.74) is 2.05. The zero-order chi connectivity index (χ0) is 8.97. The first-order valence-corrected chi connectivity index (χ1v) is 4.21. The maximum atomic E-state index is 10.5. The Kier molecular flexibility index (Phi) is 3.03. The van der Waals surface area contributed by atoms with Gasteiger partial charge >= 0.3 is 0 Å². The summed E-state index contributed by atoms with van der Waals surface area (Å²) < 4.78 is 0. The molecule has 0 N–H and O–H groups in total. The van der Waals surface area contributed by atoms with Crippen LogP contribution in [-0.4, -0.2) is 6.29 Å². The Morgan fingerprint density at radius 2 is 2.17 bits per heavy atom. The van der Waals surface area contributed by atoms with Crippen LogP contribution in [0.25, 0.3) is 0 Å². The van der Waals surface area contributed by atoms with Crippen molar-refractivity contribution in [2.24, 2.45) is 5.92 Å². The van der Waals surface area contributed by atoms with Crippen molar-refractivity contribution in [3.8, 4) is 0 Å². The minimum absolute atomic E-state index is 0.431. The maximum Gasteiger partial charge on any atom is 0.145 e. The van der Waals surface area contributed by atoms with Crippen LogP contribution in [0.5, 0.6) is 0 Å². The Bertz CT molecular complexity index is 256. The lowest BCUT2D eigenvalue weighted by Gasteiger charge is -2.14. The summed E-state index contributed by atoms with van der Waals surface area (Å²) in [5, 5.41) is 0. The van der Waals surface area contributed by atoms with E-state index in [1.807, 2.05) is 26.0 Å². The van der Waals surface area contributed by atoms with Crippen molar-refractivity contribution in [1.82, 2.24) is 0 Å². The third-order valence-electron chi connectivity index (χ3n) is 2.34. The monoisotopic (exact) mass is 162 g/mol. The van der Waals surface area contributed by atoms with E-state index in [2.05, 4.69) is 12.2 Å². The number of allylic oxidation sites excluding steroid dienone is 6. The smallest absolute Gasteiger partial charge is 0.145 e. The fourth-order valence-electron chi connectivity index (χ4n) is 1.29. The second kappa shape index (κ2) is 4.05. The molecule has 1 aliphatic rings. The standard InChI is InChI=1S/C11H14O/c1-9(8-12)10(2)11-6-4-3-5-7-11/h3-6,8,11H,7H2,1-2H3. The van der Waals surface area contributed by atoms with Crippen LogP contribution in [-0.2, 0) is 4.79 Å². The molecule has 0 heterocycles. The third-order valence-corrected chi connectivity index (χ3v) is 2.34. The zero-order valence-corrected chi connectivity index (χ0v) is 7.58. The lowest BCUT2D eigenvalue weighted by molar-refractivity contribution is -0.104. The summed E-state index contributed by atoms with van der Waals surface area (Å²) in [6.07, 6.45) is 10.3. The summed E-state index contributed by atoms with van der Waals surface area (Å²) in [5.74, 6) is 0.431. The number of rotatable bonds is 2. The molecule has 1 atom stereocenters. The van der Waals surface area contributed by atoms with Crippen LogP contribution in [0, 0.1) is 5.92 Å². The summed E-state index contributed by atoms with van der Waals surface area (Å²) in [6, 6.07) is 0. The Morgan fingerprint density at radius 1 is 1.42 bits per heavy atom. The Balaban J connectivity index is 2.77. The van der Waals surface area contributed by atoms with E-state index in [1.165, 1.54) is 5.57 Å². The molecule has 12 heavy (non-hydrogen) atoms. The minimum Gasteiger partial charge on any atom is -0.298 e. The molecule has 0 amide bonds. The summed E-state index contributed by atoms with van der Waals surface area (Å²) in [6.45, 7) is 3.90. The fraction of sp³-hybridized carbons (Fsp3) is 0.364. The van der Waals surface area contributed by atoms with Crippen LogP contribution in [0.1, 0.15) is 20.3 Å². The van der Waals surface area contributed by atoms with E-state index >= 15 is 0 Å². The first-order chi connectivity index (χ1) is 5.75. The van der Waals surface area contributed by atoms with Gasteiger partial charge in [0.1, 0.15) is 6.29 Å². The highest BCUT2D eigenvalue weighted by Crippen LogP contribution is 2.22. The SMILES string of the molecule is CC(C=O)=C(C)C1C=CC=CC1. The Labute approximate surface area is 73.5 Å². The minimum atomic E-state index is 0.431. The molecule has 1 rings (SSSR count). The first-order valence-electron chi connectivity index (χ1n) is 4.21. The van der Waals surface area contributed by atoms with Gasteiger partial charge < -0.3 is 0 Å². The number of hydrogen-bond donors (Lipinski definition) is 0. The molecule has 0 aliphatic heterocycles. The molecule has 0 saturated carbocycles. The van der Waals surface area contributed by atoms with E-state index in [1.54, 1.807) is 0 Å². The van der Waals surface area contributed by atoms with E-state index in [0.29, 0.717) is 5.92 Å². The predicted octanol–water partition coefficient (Wildman–Crippen LogP) is 2.65. The van der Waals surface area contributed by atoms with Gasteiger partial charge in [0, 0.05) is 5.92 Å². The lowest BCUT2D eigenvalue weighted by Crippen LogP contribution is -2.02. The average molecular weight is 162 g/mol. The first kappa shape index (κ1) is 8.98. The van der Waals surface area contributed by atoms with Crippen LogP contribution in [0.4, 0.5) is 0 Å². The number of hydrogen-bond acceptors (Lipinski definition) is 1. The van der Waals surface area contributed by atoms with Gasteiger partial charge in [-0.15, -0.1) is 0 Å². The third kappa shape index (κ3) is 1.94. The highest BCUT2D eigenvalue weighted by atomic mass is 16.1. The van der Waals surface area contributed by atoms with Gasteiger partial charge in [0.15, 0.2) is 0 Å². The van der Waals surface area contributed by atoms with Gasteiger partial charge in [-0.25, -0.2) is 0 Å². The highest BCUT2D eigenvalue weighted by molar-refractivity contribution is 5.73. The van der Waals surface area contributed by atoms with Crippen molar-refractivity contribution < 1.29 is 4.79 Å². The van der Waals surface area contributed by atoms with E-state index < -0.39 is 0 Å². The predicted molar refractivity (Wildman–Crippen MR) is 50.8 cm³/mol. The highest BCUT2D eigenvalue weighted by Gasteiger charge is 2.08. The van der Waals surface area contributed by atoms with Crippen LogP contribution in [0.15, 0.2) is 35.5 Å². The van der Waals surface area contributed by atoms with Crippen molar-refractivity contribution in [3.63, 3.8) is 0 Å². The number of carbonyl (C=O) groups excluding carboxylic acids is 1. The maximum absolute atomic E-state index is 10.5. The molecular formula is C11H14O. The van der Waals surface area contributed by atoms with Crippen molar-refractivity contribution in [1.29, 1.82) is 0 Å². The van der Waals surface area contributed by atoms with E-state index in [4.69, 9.17) is 0 Å². The molecular weight excluding hydrogens is 148 g/mol. The molecule has 0 bridgehead atoms. The molecule has 64 valence electrons. The second-order valence-corrected chi connectivity index (χ2v) is 3.14. The molecule has 0 fully saturated rings. The fourth-order valence-corrected chi connectivity index (χ4v) is 1.29. The Morgan fingerprint density at radius 3 is 2.67 bits per heavy atom. The molecule has 0 radical (unpaired) electrons. The van der Waals surface area contributed by atoms with Gasteiger partial charge in [-0.2, -0.15) is 0 Å². The average Bonchev–Trinajstić information content (AvgIpc) is 2.17. The second-order valence-electron chi connectivity index (χ2n) is 3.14. The van der Waals surface area contributed by atoms with Crippen LogP contribution in [0.2, 0.25) is 0 Å². The molecule has 0 spiro atoms. The topological polar surface area (TPSA) is 17.1 Å². The van der Waals surface area contributed by atoms with Crippen LogP contribution < -0.4 is 0 Å². The van der Waals surface area contributed by atoms with Gasteiger partial charge in [-0.1, -0.05) is 29.9 Å². The normalized spacial score (nSPS) is 23.7. The molecule has 1 nitrogen and oxygen atoms in total. The lowest BCUT2D eigenvalue weighted by atomic mass is 9.91. The van der Waals surface area contributed by atoms with Gasteiger partial charge in [0.2, 0.25) is 0 Å². The van der Waals surface area contributed by atoms with Crippen LogP contribution >= 0.6 is 0 Å². The van der Waals surface area contributed by atoms with Gasteiger partial charge in [0.05, 0.1) is 0 Å². The molecule has 0 aromatic carbocycles. The van der Waals surface area contributed by atoms with Gasteiger partial charge in [0.25, 0.3) is 0 Å².